The van der Waals surface area contributed by atoms with Crippen LogP contribution in [0.3, 0.4) is 0 Å². The molecule has 1 aliphatic heterocycles. The molecule has 1 aromatic heterocycles. The third kappa shape index (κ3) is 5.29. The lowest BCUT2D eigenvalue weighted by atomic mass is 10.1. The average molecular weight is 323 g/mol. The summed E-state index contributed by atoms with van der Waals surface area (Å²) in [6, 6.07) is 4.33. The molecule has 1 atom stereocenters. The first-order valence-corrected chi connectivity index (χ1v) is 9.35. The second-order valence-corrected chi connectivity index (χ2v) is 7.03. The van der Waals surface area contributed by atoms with Gasteiger partial charge >= 0.3 is 0 Å². The maximum absolute atomic E-state index is 4.87. The molecule has 1 aliphatic rings. The van der Waals surface area contributed by atoms with Crippen molar-refractivity contribution in [3.63, 3.8) is 0 Å². The van der Waals surface area contributed by atoms with E-state index in [-0.39, 0.29) is 0 Å². The fourth-order valence-corrected chi connectivity index (χ4v) is 3.57. The highest BCUT2D eigenvalue weighted by Crippen LogP contribution is 2.16. The lowest BCUT2D eigenvalue weighted by Crippen LogP contribution is -2.40. The molecule has 0 spiro atoms. The van der Waals surface area contributed by atoms with E-state index in [0.29, 0.717) is 0 Å². The Kier molecular flexibility index (Phi) is 7.19. The topological polar surface area (TPSA) is 30.9 Å². The molecular formula is C17H30N4S. The van der Waals surface area contributed by atoms with Crippen LogP contribution < -0.4 is 5.32 Å². The van der Waals surface area contributed by atoms with E-state index in [1.807, 2.05) is 11.3 Å². The van der Waals surface area contributed by atoms with Crippen molar-refractivity contribution in [1.82, 2.24) is 15.1 Å². The van der Waals surface area contributed by atoms with Gasteiger partial charge in [-0.2, -0.15) is 0 Å². The second kappa shape index (κ2) is 9.16. The standard InChI is InChI=1S/C17H30N4S/c1-4-18-17(19-13-15-8-11-21(5-2)14-15)20(3)10-9-16-7-6-12-22-16/h6-7,12,15H,4-5,8-11,13-14H2,1-3H3,(H,18,19). The predicted molar refractivity (Wildman–Crippen MR) is 96.9 cm³/mol. The van der Waals surface area contributed by atoms with Crippen LogP contribution in [0.1, 0.15) is 25.1 Å². The van der Waals surface area contributed by atoms with Crippen LogP contribution in [0.15, 0.2) is 22.5 Å². The van der Waals surface area contributed by atoms with E-state index in [1.54, 1.807) is 0 Å². The normalized spacial score (nSPS) is 19.6. The van der Waals surface area contributed by atoms with Gasteiger partial charge in [0.2, 0.25) is 0 Å². The van der Waals surface area contributed by atoms with Gasteiger partial charge in [0.15, 0.2) is 5.96 Å². The van der Waals surface area contributed by atoms with Gasteiger partial charge in [0.1, 0.15) is 0 Å². The van der Waals surface area contributed by atoms with Crippen LogP contribution in [0.4, 0.5) is 0 Å². The Morgan fingerprint density at radius 2 is 2.36 bits per heavy atom. The fourth-order valence-electron chi connectivity index (χ4n) is 2.87. The van der Waals surface area contributed by atoms with Crippen LogP contribution in [0.25, 0.3) is 0 Å². The van der Waals surface area contributed by atoms with E-state index in [4.69, 9.17) is 4.99 Å². The van der Waals surface area contributed by atoms with Gasteiger partial charge in [-0.1, -0.05) is 13.0 Å². The van der Waals surface area contributed by atoms with Crippen molar-refractivity contribution in [1.29, 1.82) is 0 Å². The summed E-state index contributed by atoms with van der Waals surface area (Å²) < 4.78 is 0. The van der Waals surface area contributed by atoms with Crippen LogP contribution >= 0.6 is 11.3 Å². The van der Waals surface area contributed by atoms with Crippen LogP contribution in [0.2, 0.25) is 0 Å². The van der Waals surface area contributed by atoms with Crippen molar-refractivity contribution in [3.05, 3.63) is 22.4 Å². The largest absolute Gasteiger partial charge is 0.357 e. The first-order chi connectivity index (χ1) is 10.7. The number of likely N-dealkylation sites (N-methyl/N-ethyl adjacent to an activating group) is 1. The summed E-state index contributed by atoms with van der Waals surface area (Å²) >= 11 is 1.83. The molecule has 124 valence electrons. The van der Waals surface area contributed by atoms with Crippen molar-refractivity contribution in [2.75, 3.05) is 46.3 Å². The molecule has 5 heteroatoms. The van der Waals surface area contributed by atoms with Gasteiger partial charge in [0.05, 0.1) is 0 Å². The van der Waals surface area contributed by atoms with Gasteiger partial charge in [0.25, 0.3) is 0 Å². The molecule has 2 heterocycles. The third-order valence-corrected chi connectivity index (χ3v) is 5.22. The number of nitrogens with zero attached hydrogens (tertiary/aromatic N) is 3. The molecule has 0 saturated carbocycles. The van der Waals surface area contributed by atoms with E-state index < -0.39 is 0 Å². The minimum absolute atomic E-state index is 0.722. The van der Waals surface area contributed by atoms with E-state index in [0.717, 1.165) is 37.9 Å². The summed E-state index contributed by atoms with van der Waals surface area (Å²) in [5.74, 6) is 1.77. The number of likely N-dealkylation sites (tertiary alicyclic amines) is 1. The van der Waals surface area contributed by atoms with Crippen LogP contribution in [-0.4, -0.2) is 62.1 Å². The number of aliphatic imine (C=N–C) groups is 1. The summed E-state index contributed by atoms with van der Waals surface area (Å²) in [7, 11) is 2.14. The molecule has 0 amide bonds. The Hall–Kier alpha value is -1.07. The Morgan fingerprint density at radius 3 is 3.00 bits per heavy atom. The Morgan fingerprint density at radius 1 is 1.50 bits per heavy atom. The van der Waals surface area contributed by atoms with E-state index in [2.05, 4.69) is 53.5 Å². The number of nitrogens with one attached hydrogen (secondary N) is 1. The Labute approximate surface area is 139 Å². The van der Waals surface area contributed by atoms with E-state index in [9.17, 15) is 0 Å². The minimum atomic E-state index is 0.722. The van der Waals surface area contributed by atoms with Gasteiger partial charge in [0, 0.05) is 38.1 Å². The summed E-state index contributed by atoms with van der Waals surface area (Å²) in [4.78, 5) is 11.1. The summed E-state index contributed by atoms with van der Waals surface area (Å²) in [5.41, 5.74) is 0. The van der Waals surface area contributed by atoms with E-state index >= 15 is 0 Å². The number of guanidine groups is 1. The second-order valence-electron chi connectivity index (χ2n) is 5.99. The molecule has 0 aromatic carbocycles. The van der Waals surface area contributed by atoms with Crippen molar-refractivity contribution in [2.45, 2.75) is 26.7 Å². The van der Waals surface area contributed by atoms with Crippen molar-refractivity contribution in [3.8, 4) is 0 Å². The zero-order chi connectivity index (χ0) is 15.8. The highest BCUT2D eigenvalue weighted by Gasteiger charge is 2.21. The van der Waals surface area contributed by atoms with Gasteiger partial charge in [-0.15, -0.1) is 11.3 Å². The molecule has 22 heavy (non-hydrogen) atoms. The molecule has 1 aromatic rings. The molecule has 1 fully saturated rings. The molecule has 0 aliphatic carbocycles. The number of thiophene rings is 1. The molecule has 0 bridgehead atoms. The zero-order valence-corrected chi connectivity index (χ0v) is 15.0. The SMILES string of the molecule is CCNC(=NCC1CCN(CC)C1)N(C)CCc1cccs1. The monoisotopic (exact) mass is 322 g/mol. The quantitative estimate of drug-likeness (QED) is 0.618. The van der Waals surface area contributed by atoms with Gasteiger partial charge in [-0.25, -0.2) is 0 Å². The van der Waals surface area contributed by atoms with Crippen LogP contribution in [-0.2, 0) is 6.42 Å². The molecular weight excluding hydrogens is 292 g/mol. The van der Waals surface area contributed by atoms with Crippen molar-refractivity contribution >= 4 is 17.3 Å². The molecule has 0 radical (unpaired) electrons. The van der Waals surface area contributed by atoms with Gasteiger partial charge in [-0.05, 0) is 50.2 Å². The zero-order valence-electron chi connectivity index (χ0n) is 14.2. The molecule has 1 N–H and O–H groups in total. The fraction of sp³-hybridized carbons (Fsp3) is 0.706. The Bertz CT molecular complexity index is 444. The predicted octanol–water partition coefficient (Wildman–Crippen LogP) is 2.53. The minimum Gasteiger partial charge on any atom is -0.357 e. The Balaban J connectivity index is 1.83. The number of rotatable bonds is 7. The van der Waals surface area contributed by atoms with Gasteiger partial charge in [-0.3, -0.25) is 4.99 Å². The molecule has 1 saturated heterocycles. The lowest BCUT2D eigenvalue weighted by molar-refractivity contribution is 0.343. The first-order valence-electron chi connectivity index (χ1n) is 8.47. The molecule has 1 unspecified atom stereocenters. The van der Waals surface area contributed by atoms with E-state index in [1.165, 1.54) is 30.9 Å². The number of hydrogen-bond acceptors (Lipinski definition) is 3. The van der Waals surface area contributed by atoms with Crippen LogP contribution in [0, 0.1) is 5.92 Å². The summed E-state index contributed by atoms with van der Waals surface area (Å²) in [6.07, 6.45) is 2.38. The highest BCUT2D eigenvalue weighted by molar-refractivity contribution is 7.09. The summed E-state index contributed by atoms with van der Waals surface area (Å²) in [6.45, 7) is 10.9. The summed E-state index contributed by atoms with van der Waals surface area (Å²) in [5, 5.41) is 5.57. The number of hydrogen-bond donors (Lipinski definition) is 1. The third-order valence-electron chi connectivity index (χ3n) is 4.29. The maximum Gasteiger partial charge on any atom is 0.193 e. The average Bonchev–Trinajstić information content (AvgIpc) is 3.20. The first kappa shape index (κ1) is 17.3. The maximum atomic E-state index is 4.87. The smallest absolute Gasteiger partial charge is 0.193 e. The highest BCUT2D eigenvalue weighted by atomic mass is 32.1. The van der Waals surface area contributed by atoms with Crippen LogP contribution in [0.5, 0.6) is 0 Å². The molecule has 4 nitrogen and oxygen atoms in total. The van der Waals surface area contributed by atoms with Crippen molar-refractivity contribution < 1.29 is 0 Å². The van der Waals surface area contributed by atoms with Crippen molar-refractivity contribution in [2.24, 2.45) is 10.9 Å². The van der Waals surface area contributed by atoms with Gasteiger partial charge < -0.3 is 15.1 Å². The molecule has 2 rings (SSSR count). The lowest BCUT2D eigenvalue weighted by Gasteiger charge is -2.22.